The average molecular weight is 353 g/mol. The third-order valence-corrected chi connectivity index (χ3v) is 4.58. The number of nitrogens with zero attached hydrogens (tertiary/aromatic N) is 4. The van der Waals surface area contributed by atoms with Gasteiger partial charge in [0.25, 0.3) is 5.91 Å². The van der Waals surface area contributed by atoms with Crippen molar-refractivity contribution in [1.29, 1.82) is 0 Å². The zero-order valence-corrected chi connectivity index (χ0v) is 15.1. The van der Waals surface area contributed by atoms with Crippen molar-refractivity contribution in [2.24, 2.45) is 0 Å². The first-order valence-electron chi connectivity index (χ1n) is 8.63. The van der Waals surface area contributed by atoms with Crippen molar-refractivity contribution in [3.63, 3.8) is 0 Å². The molecule has 1 aliphatic heterocycles. The molecular formula is C19H23N5O2. The monoisotopic (exact) mass is 353 g/mol. The van der Waals surface area contributed by atoms with Crippen LogP contribution in [-0.2, 0) is 4.79 Å². The Morgan fingerprint density at radius 2 is 1.92 bits per heavy atom. The molecule has 1 aromatic heterocycles. The maximum atomic E-state index is 13.0. The van der Waals surface area contributed by atoms with Gasteiger partial charge in [0, 0.05) is 26.3 Å². The molecule has 2 amide bonds. The van der Waals surface area contributed by atoms with Gasteiger partial charge < -0.3 is 15.1 Å². The lowest BCUT2D eigenvalue weighted by Crippen LogP contribution is -2.62. The lowest BCUT2D eigenvalue weighted by atomic mass is 9.86. The van der Waals surface area contributed by atoms with Crippen molar-refractivity contribution in [1.82, 2.24) is 20.0 Å². The van der Waals surface area contributed by atoms with Gasteiger partial charge in [-0.05, 0) is 31.0 Å². The van der Waals surface area contributed by atoms with Crippen LogP contribution in [0.5, 0.6) is 0 Å². The van der Waals surface area contributed by atoms with Gasteiger partial charge in [-0.3, -0.25) is 9.59 Å². The predicted octanol–water partition coefficient (Wildman–Crippen LogP) is 1.65. The van der Waals surface area contributed by atoms with Gasteiger partial charge in [0.05, 0.1) is 24.5 Å². The van der Waals surface area contributed by atoms with E-state index in [-0.39, 0.29) is 11.8 Å². The number of piperidine rings is 1. The average Bonchev–Trinajstić information content (AvgIpc) is 2.68. The molecule has 0 spiro atoms. The van der Waals surface area contributed by atoms with Crippen LogP contribution in [-0.4, -0.2) is 64.5 Å². The molecule has 1 N–H and O–H groups in total. The normalized spacial score (nSPS) is 19.7. The Labute approximate surface area is 153 Å². The van der Waals surface area contributed by atoms with Crippen LogP contribution in [0.4, 0.5) is 5.69 Å². The lowest BCUT2D eigenvalue weighted by molar-refractivity contribution is -0.135. The van der Waals surface area contributed by atoms with Gasteiger partial charge >= 0.3 is 0 Å². The number of benzene rings is 1. The van der Waals surface area contributed by atoms with Crippen molar-refractivity contribution >= 4 is 17.5 Å². The van der Waals surface area contributed by atoms with Crippen LogP contribution in [0.25, 0.3) is 0 Å². The summed E-state index contributed by atoms with van der Waals surface area (Å²) in [5.41, 5.74) is 0.495. The van der Waals surface area contributed by atoms with E-state index in [1.807, 2.05) is 30.3 Å². The molecule has 7 heteroatoms. The summed E-state index contributed by atoms with van der Waals surface area (Å²) in [6.45, 7) is 0.917. The van der Waals surface area contributed by atoms with Gasteiger partial charge in [0.1, 0.15) is 5.54 Å². The molecule has 1 aromatic carbocycles. The third-order valence-electron chi connectivity index (χ3n) is 4.58. The number of hydrogen-bond donors (Lipinski definition) is 1. The minimum atomic E-state index is -0.848. The van der Waals surface area contributed by atoms with Crippen LogP contribution >= 0.6 is 0 Å². The van der Waals surface area contributed by atoms with E-state index < -0.39 is 5.54 Å². The van der Waals surface area contributed by atoms with Crippen LogP contribution in [0.15, 0.2) is 48.8 Å². The fraction of sp³-hybridized carbons (Fsp3) is 0.368. The van der Waals surface area contributed by atoms with Crippen molar-refractivity contribution in [2.75, 3.05) is 32.5 Å². The van der Waals surface area contributed by atoms with Gasteiger partial charge in [-0.1, -0.05) is 18.2 Å². The number of rotatable bonds is 4. The zero-order chi connectivity index (χ0) is 18.6. The fourth-order valence-electron chi connectivity index (χ4n) is 3.38. The van der Waals surface area contributed by atoms with Crippen molar-refractivity contribution in [3.8, 4) is 0 Å². The first-order chi connectivity index (χ1) is 12.5. The quantitative estimate of drug-likeness (QED) is 0.904. The van der Waals surface area contributed by atoms with E-state index in [1.54, 1.807) is 30.0 Å². The van der Waals surface area contributed by atoms with Gasteiger partial charge in [-0.2, -0.15) is 10.2 Å². The minimum absolute atomic E-state index is 0.0355. The number of likely N-dealkylation sites (tertiary alicyclic amines) is 1. The molecule has 1 atom stereocenters. The summed E-state index contributed by atoms with van der Waals surface area (Å²) in [6.07, 6.45) is 4.36. The van der Waals surface area contributed by atoms with E-state index in [0.717, 1.165) is 12.1 Å². The second-order valence-corrected chi connectivity index (χ2v) is 6.73. The molecule has 1 aliphatic rings. The Morgan fingerprint density at radius 3 is 2.58 bits per heavy atom. The first kappa shape index (κ1) is 17.8. The highest BCUT2D eigenvalue weighted by atomic mass is 16.2. The number of hydrogen-bond acceptors (Lipinski definition) is 5. The Balaban J connectivity index is 1.88. The number of aromatic nitrogens is 2. The molecule has 1 unspecified atom stereocenters. The van der Waals surface area contributed by atoms with Crippen LogP contribution in [0, 0.1) is 0 Å². The highest BCUT2D eigenvalue weighted by Crippen LogP contribution is 2.28. The summed E-state index contributed by atoms with van der Waals surface area (Å²) in [4.78, 5) is 29.2. The Hall–Kier alpha value is -2.96. The van der Waals surface area contributed by atoms with Crippen molar-refractivity contribution in [2.45, 2.75) is 18.4 Å². The number of likely N-dealkylation sites (N-methyl/N-ethyl adjacent to an activating group) is 1. The van der Waals surface area contributed by atoms with Crippen LogP contribution < -0.4 is 5.32 Å². The summed E-state index contributed by atoms with van der Waals surface area (Å²) in [5, 5.41) is 10.9. The SMILES string of the molecule is CN(C)C(=O)C1(Nc2ccccc2)CCCN(C(=O)c2ccnnc2)C1. The largest absolute Gasteiger partial charge is 0.370 e. The fourth-order valence-corrected chi connectivity index (χ4v) is 3.38. The summed E-state index contributed by atoms with van der Waals surface area (Å²) < 4.78 is 0. The van der Waals surface area contributed by atoms with Gasteiger partial charge in [0.2, 0.25) is 5.91 Å². The molecule has 1 fully saturated rings. The second-order valence-electron chi connectivity index (χ2n) is 6.73. The summed E-state index contributed by atoms with van der Waals surface area (Å²) in [6, 6.07) is 11.3. The molecule has 136 valence electrons. The minimum Gasteiger partial charge on any atom is -0.370 e. The standard InChI is InChI=1S/C19H23N5O2/c1-23(2)18(26)19(22-16-7-4-3-5-8-16)10-6-12-24(14-19)17(25)15-9-11-20-21-13-15/h3-5,7-9,11,13,22H,6,10,12,14H2,1-2H3. The predicted molar refractivity (Wildman–Crippen MR) is 98.7 cm³/mol. The summed E-state index contributed by atoms with van der Waals surface area (Å²) in [7, 11) is 3.48. The molecule has 0 aliphatic carbocycles. The van der Waals surface area contributed by atoms with E-state index in [1.165, 1.54) is 12.4 Å². The number of anilines is 1. The lowest BCUT2D eigenvalue weighted by Gasteiger charge is -2.43. The highest BCUT2D eigenvalue weighted by molar-refractivity contribution is 5.96. The Morgan fingerprint density at radius 1 is 1.15 bits per heavy atom. The van der Waals surface area contributed by atoms with Crippen molar-refractivity contribution < 1.29 is 9.59 Å². The third kappa shape index (κ3) is 3.66. The zero-order valence-electron chi connectivity index (χ0n) is 15.1. The number of carbonyl (C=O) groups is 2. The molecule has 1 saturated heterocycles. The highest BCUT2D eigenvalue weighted by Gasteiger charge is 2.44. The van der Waals surface area contributed by atoms with Gasteiger partial charge in [-0.25, -0.2) is 0 Å². The maximum Gasteiger partial charge on any atom is 0.255 e. The molecule has 0 bridgehead atoms. The molecular weight excluding hydrogens is 330 g/mol. The molecule has 3 rings (SSSR count). The summed E-state index contributed by atoms with van der Waals surface area (Å²) in [5.74, 6) is -0.169. The van der Waals surface area contributed by atoms with Crippen molar-refractivity contribution in [3.05, 3.63) is 54.4 Å². The smallest absolute Gasteiger partial charge is 0.255 e. The topological polar surface area (TPSA) is 78.4 Å². The number of carbonyl (C=O) groups excluding carboxylic acids is 2. The Bertz CT molecular complexity index is 766. The van der Waals surface area contributed by atoms with E-state index in [9.17, 15) is 9.59 Å². The first-order valence-corrected chi connectivity index (χ1v) is 8.63. The molecule has 0 radical (unpaired) electrons. The second kappa shape index (κ2) is 7.51. The number of nitrogens with one attached hydrogen (secondary N) is 1. The van der Waals surface area contributed by atoms with E-state index in [2.05, 4.69) is 15.5 Å². The maximum absolute atomic E-state index is 13.0. The molecule has 2 heterocycles. The van der Waals surface area contributed by atoms with E-state index in [0.29, 0.717) is 25.1 Å². The number of para-hydroxylation sites is 1. The van der Waals surface area contributed by atoms with Crippen LogP contribution in [0.3, 0.4) is 0 Å². The Kier molecular flexibility index (Phi) is 5.16. The van der Waals surface area contributed by atoms with E-state index in [4.69, 9.17) is 0 Å². The molecule has 2 aromatic rings. The number of amides is 2. The molecule has 7 nitrogen and oxygen atoms in total. The summed E-state index contributed by atoms with van der Waals surface area (Å²) >= 11 is 0. The molecule has 26 heavy (non-hydrogen) atoms. The van der Waals surface area contributed by atoms with Gasteiger partial charge in [0.15, 0.2) is 0 Å². The van der Waals surface area contributed by atoms with E-state index >= 15 is 0 Å². The molecule has 0 saturated carbocycles. The van der Waals surface area contributed by atoms with Crippen LogP contribution in [0.2, 0.25) is 0 Å². The van der Waals surface area contributed by atoms with Crippen LogP contribution in [0.1, 0.15) is 23.2 Å². The van der Waals surface area contributed by atoms with Gasteiger partial charge in [-0.15, -0.1) is 0 Å².